The first-order valence-electron chi connectivity index (χ1n) is 11.2. The Bertz CT molecular complexity index is 1280. The van der Waals surface area contributed by atoms with Gasteiger partial charge in [0.05, 0.1) is 32.4 Å². The van der Waals surface area contributed by atoms with Crippen molar-refractivity contribution in [2.45, 2.75) is 19.9 Å². The Balaban J connectivity index is 1.96. The lowest BCUT2D eigenvalue weighted by atomic mass is 9.94. The van der Waals surface area contributed by atoms with E-state index in [1.54, 1.807) is 54.6 Å². The monoisotopic (exact) mass is 473 g/mol. The number of ketones is 1. The van der Waals surface area contributed by atoms with E-state index in [4.69, 9.17) is 14.2 Å². The highest BCUT2D eigenvalue weighted by atomic mass is 16.5. The summed E-state index contributed by atoms with van der Waals surface area (Å²) in [5.41, 5.74) is 2.40. The second-order valence-corrected chi connectivity index (χ2v) is 8.07. The fourth-order valence-electron chi connectivity index (χ4n) is 4.18. The second-order valence-electron chi connectivity index (χ2n) is 8.07. The molecule has 1 aliphatic heterocycles. The van der Waals surface area contributed by atoms with Gasteiger partial charge in [0, 0.05) is 16.8 Å². The zero-order valence-corrected chi connectivity index (χ0v) is 20.1. The van der Waals surface area contributed by atoms with Crippen molar-refractivity contribution >= 4 is 23.1 Å². The Labute approximate surface area is 204 Å². The maximum Gasteiger partial charge on any atom is 0.300 e. The molecule has 180 valence electrons. The molecular formula is C28H27NO6. The SMILES string of the molecule is CCOc1ccc(N2C(=O)C(=O)C(=C(O)c3ccc(C)cc3)[C@@H]2c2cc(OC)ccc2OC)cc1. The fraction of sp³-hybridized carbons (Fsp3) is 0.214. The molecule has 1 amide bonds. The number of rotatable bonds is 7. The van der Waals surface area contributed by atoms with Crippen LogP contribution in [0, 0.1) is 6.92 Å². The summed E-state index contributed by atoms with van der Waals surface area (Å²) in [4.78, 5) is 28.1. The third-order valence-electron chi connectivity index (χ3n) is 5.93. The van der Waals surface area contributed by atoms with E-state index < -0.39 is 17.7 Å². The topological polar surface area (TPSA) is 85.3 Å². The van der Waals surface area contributed by atoms with Gasteiger partial charge in [0.2, 0.25) is 0 Å². The quantitative estimate of drug-likeness (QED) is 0.294. The predicted octanol–water partition coefficient (Wildman–Crippen LogP) is 5.04. The summed E-state index contributed by atoms with van der Waals surface area (Å²) in [6.45, 7) is 4.31. The number of benzene rings is 3. The molecule has 0 bridgehead atoms. The van der Waals surface area contributed by atoms with Gasteiger partial charge in [-0.15, -0.1) is 0 Å². The molecule has 1 N–H and O–H groups in total. The minimum absolute atomic E-state index is 0.0284. The van der Waals surface area contributed by atoms with Crippen molar-refractivity contribution in [2.75, 3.05) is 25.7 Å². The number of carbonyl (C=O) groups is 2. The number of methoxy groups -OCH3 is 2. The number of carbonyl (C=O) groups excluding carboxylic acids is 2. The van der Waals surface area contributed by atoms with Crippen LogP contribution in [0.25, 0.3) is 5.76 Å². The number of nitrogens with zero attached hydrogens (tertiary/aromatic N) is 1. The standard InChI is InChI=1S/C28H27NO6/c1-5-35-20-12-10-19(11-13-20)29-25(22-16-21(33-3)14-15-23(22)34-4)24(27(31)28(29)32)26(30)18-8-6-17(2)7-9-18/h6-16,25,30H,5H2,1-4H3/t25-/m0/s1. The molecule has 0 spiro atoms. The Kier molecular flexibility index (Phi) is 6.78. The van der Waals surface area contributed by atoms with Crippen LogP contribution in [-0.2, 0) is 9.59 Å². The predicted molar refractivity (Wildman–Crippen MR) is 133 cm³/mol. The normalized spacial score (nSPS) is 16.9. The van der Waals surface area contributed by atoms with Crippen LogP contribution in [0.2, 0.25) is 0 Å². The largest absolute Gasteiger partial charge is 0.507 e. The number of aliphatic hydroxyl groups excluding tert-OH is 1. The van der Waals surface area contributed by atoms with Crippen LogP contribution >= 0.6 is 0 Å². The maximum atomic E-state index is 13.4. The number of amides is 1. The van der Waals surface area contributed by atoms with Crippen molar-refractivity contribution in [3.8, 4) is 17.2 Å². The number of aryl methyl sites for hydroxylation is 1. The molecule has 3 aromatic rings. The van der Waals surface area contributed by atoms with Gasteiger partial charge in [-0.3, -0.25) is 14.5 Å². The van der Waals surface area contributed by atoms with Crippen molar-refractivity contribution in [3.63, 3.8) is 0 Å². The lowest BCUT2D eigenvalue weighted by molar-refractivity contribution is -0.132. The van der Waals surface area contributed by atoms with Crippen LogP contribution in [-0.4, -0.2) is 37.6 Å². The molecule has 35 heavy (non-hydrogen) atoms. The highest BCUT2D eigenvalue weighted by Crippen LogP contribution is 2.46. The average Bonchev–Trinajstić information content (AvgIpc) is 3.14. The van der Waals surface area contributed by atoms with Crippen LogP contribution in [0.5, 0.6) is 17.2 Å². The van der Waals surface area contributed by atoms with Gasteiger partial charge in [-0.1, -0.05) is 29.8 Å². The van der Waals surface area contributed by atoms with E-state index in [-0.39, 0.29) is 11.3 Å². The molecule has 1 saturated heterocycles. The number of aliphatic hydroxyl groups is 1. The van der Waals surface area contributed by atoms with Crippen molar-refractivity contribution in [2.24, 2.45) is 0 Å². The van der Waals surface area contributed by atoms with Crippen LogP contribution < -0.4 is 19.1 Å². The maximum absolute atomic E-state index is 13.4. The molecule has 0 saturated carbocycles. The van der Waals surface area contributed by atoms with Crippen molar-refractivity contribution < 1.29 is 28.9 Å². The van der Waals surface area contributed by atoms with Gasteiger partial charge in [-0.2, -0.15) is 0 Å². The Hall–Kier alpha value is -4.26. The number of Topliss-reactive ketones (excluding diaryl/α,β-unsaturated/α-hetero) is 1. The highest BCUT2D eigenvalue weighted by Gasteiger charge is 2.48. The fourth-order valence-corrected chi connectivity index (χ4v) is 4.18. The Morgan fingerprint density at radius 1 is 0.914 bits per heavy atom. The molecule has 1 atom stereocenters. The first kappa shape index (κ1) is 23.9. The molecule has 3 aromatic carbocycles. The zero-order valence-electron chi connectivity index (χ0n) is 20.1. The molecule has 7 nitrogen and oxygen atoms in total. The summed E-state index contributed by atoms with van der Waals surface area (Å²) in [6, 6.07) is 18.2. The van der Waals surface area contributed by atoms with Gasteiger partial charge in [0.1, 0.15) is 23.0 Å². The molecule has 0 aromatic heterocycles. The smallest absolute Gasteiger partial charge is 0.300 e. The van der Waals surface area contributed by atoms with Gasteiger partial charge in [0.15, 0.2) is 0 Å². The molecular weight excluding hydrogens is 446 g/mol. The Morgan fingerprint density at radius 2 is 1.57 bits per heavy atom. The van der Waals surface area contributed by atoms with Crippen molar-refractivity contribution in [3.05, 3.63) is 89.0 Å². The van der Waals surface area contributed by atoms with Gasteiger partial charge in [-0.05, 0) is 56.3 Å². The van der Waals surface area contributed by atoms with Crippen molar-refractivity contribution in [1.29, 1.82) is 0 Å². The third-order valence-corrected chi connectivity index (χ3v) is 5.93. The molecule has 0 unspecified atom stereocenters. The lowest BCUT2D eigenvalue weighted by Crippen LogP contribution is -2.29. The zero-order chi connectivity index (χ0) is 25.1. The summed E-state index contributed by atoms with van der Waals surface area (Å²) >= 11 is 0. The minimum Gasteiger partial charge on any atom is -0.507 e. The minimum atomic E-state index is -0.945. The molecule has 4 rings (SSSR count). The number of ether oxygens (including phenoxy) is 3. The summed E-state index contributed by atoms with van der Waals surface area (Å²) in [6.07, 6.45) is 0. The molecule has 1 heterocycles. The Morgan fingerprint density at radius 3 is 2.17 bits per heavy atom. The number of hydrogen-bond acceptors (Lipinski definition) is 6. The van der Waals surface area contributed by atoms with E-state index in [9.17, 15) is 14.7 Å². The van der Waals surface area contributed by atoms with Gasteiger partial charge >= 0.3 is 0 Å². The van der Waals surface area contributed by atoms with E-state index in [1.165, 1.54) is 19.1 Å². The van der Waals surface area contributed by atoms with Crippen molar-refractivity contribution in [1.82, 2.24) is 0 Å². The van der Waals surface area contributed by atoms with Gasteiger partial charge < -0.3 is 19.3 Å². The summed E-state index contributed by atoms with van der Waals surface area (Å²) in [5.74, 6) is -0.184. The summed E-state index contributed by atoms with van der Waals surface area (Å²) in [5, 5.41) is 11.3. The summed E-state index contributed by atoms with van der Waals surface area (Å²) < 4.78 is 16.5. The van der Waals surface area contributed by atoms with Crippen LogP contribution in [0.3, 0.4) is 0 Å². The van der Waals surface area contributed by atoms with Crippen LogP contribution in [0.4, 0.5) is 5.69 Å². The summed E-state index contributed by atoms with van der Waals surface area (Å²) in [7, 11) is 3.04. The van der Waals surface area contributed by atoms with E-state index in [0.29, 0.717) is 40.7 Å². The second kappa shape index (κ2) is 9.93. The lowest BCUT2D eigenvalue weighted by Gasteiger charge is -2.27. The van der Waals surface area contributed by atoms with Crippen LogP contribution in [0.15, 0.2) is 72.3 Å². The first-order chi connectivity index (χ1) is 16.9. The van der Waals surface area contributed by atoms with Gasteiger partial charge in [-0.25, -0.2) is 0 Å². The molecule has 1 fully saturated rings. The number of hydrogen-bond donors (Lipinski definition) is 1. The van der Waals surface area contributed by atoms with Gasteiger partial charge in [0.25, 0.3) is 11.7 Å². The molecule has 7 heteroatoms. The van der Waals surface area contributed by atoms with E-state index in [0.717, 1.165) is 5.56 Å². The van der Waals surface area contributed by atoms with E-state index in [2.05, 4.69) is 0 Å². The van der Waals surface area contributed by atoms with Crippen LogP contribution in [0.1, 0.15) is 29.7 Å². The van der Waals surface area contributed by atoms with E-state index >= 15 is 0 Å². The first-order valence-corrected chi connectivity index (χ1v) is 11.2. The third kappa shape index (κ3) is 4.45. The molecule has 1 aliphatic rings. The molecule has 0 aliphatic carbocycles. The average molecular weight is 474 g/mol. The van der Waals surface area contributed by atoms with E-state index in [1.807, 2.05) is 26.0 Å². The highest BCUT2D eigenvalue weighted by molar-refractivity contribution is 6.51. The number of anilines is 1. The molecule has 0 radical (unpaired) electrons.